The number of anilines is 2. The Morgan fingerprint density at radius 3 is 2.69 bits per heavy atom. The van der Waals surface area contributed by atoms with Crippen molar-refractivity contribution in [2.45, 2.75) is 13.1 Å². The monoisotopic (exact) mass is 444 g/mol. The highest BCUT2D eigenvalue weighted by Crippen LogP contribution is 2.30. The molecule has 2 heterocycles. The molecular weight excluding hydrogens is 424 g/mol. The number of hydrogen-bond acceptors (Lipinski definition) is 7. The van der Waals surface area contributed by atoms with Crippen molar-refractivity contribution >= 4 is 34.0 Å². The molecule has 0 saturated heterocycles. The number of nitrogens with zero attached hydrogens (tertiary/aromatic N) is 5. The van der Waals surface area contributed by atoms with E-state index < -0.39 is 0 Å². The summed E-state index contributed by atoms with van der Waals surface area (Å²) in [7, 11) is 3.53. The number of pyridine rings is 1. The van der Waals surface area contributed by atoms with Crippen LogP contribution in [0.25, 0.3) is 10.8 Å². The van der Waals surface area contributed by atoms with Crippen LogP contribution in [0.4, 0.5) is 11.6 Å². The first-order valence-corrected chi connectivity index (χ1v) is 10.3. The third-order valence-corrected chi connectivity index (χ3v) is 5.35. The lowest BCUT2D eigenvalue weighted by molar-refractivity contribution is 0.415. The highest BCUT2D eigenvalue weighted by atomic mass is 35.5. The first-order chi connectivity index (χ1) is 15.6. The van der Waals surface area contributed by atoms with Crippen LogP contribution in [0.15, 0.2) is 60.8 Å². The molecule has 0 fully saturated rings. The molecular formula is C24H21ClN6O. The van der Waals surface area contributed by atoms with Crippen LogP contribution >= 0.6 is 11.6 Å². The average Bonchev–Trinajstić information content (AvgIpc) is 2.82. The van der Waals surface area contributed by atoms with Gasteiger partial charge in [-0.25, -0.2) is 0 Å². The maximum atomic E-state index is 9.40. The Balaban J connectivity index is 1.65. The normalized spacial score (nSPS) is 10.6. The molecule has 0 bridgehead atoms. The molecule has 7 nitrogen and oxygen atoms in total. The van der Waals surface area contributed by atoms with Gasteiger partial charge in [0.05, 0.1) is 36.0 Å². The Hall–Kier alpha value is -3.89. The Bertz CT molecular complexity index is 1290. The van der Waals surface area contributed by atoms with Crippen molar-refractivity contribution in [2.75, 3.05) is 24.4 Å². The molecule has 0 aliphatic heterocycles. The van der Waals surface area contributed by atoms with Crippen molar-refractivity contribution in [1.82, 2.24) is 15.2 Å². The Morgan fingerprint density at radius 2 is 1.97 bits per heavy atom. The second-order valence-electron chi connectivity index (χ2n) is 7.24. The van der Waals surface area contributed by atoms with Crippen LogP contribution in [0.2, 0.25) is 5.02 Å². The third-order valence-electron chi connectivity index (χ3n) is 5.05. The summed E-state index contributed by atoms with van der Waals surface area (Å²) in [5.41, 5.74) is 2.45. The summed E-state index contributed by atoms with van der Waals surface area (Å²) in [6, 6.07) is 19.1. The zero-order valence-electron chi connectivity index (χ0n) is 17.7. The van der Waals surface area contributed by atoms with E-state index in [1.54, 1.807) is 19.4 Å². The van der Waals surface area contributed by atoms with Gasteiger partial charge in [-0.15, -0.1) is 10.2 Å². The summed E-state index contributed by atoms with van der Waals surface area (Å²) >= 11 is 6.24. The number of ether oxygens (including phenoxy) is 1. The zero-order valence-corrected chi connectivity index (χ0v) is 18.5. The van der Waals surface area contributed by atoms with Crippen molar-refractivity contribution in [1.29, 1.82) is 5.26 Å². The van der Waals surface area contributed by atoms with Crippen LogP contribution in [0.3, 0.4) is 0 Å². The fourth-order valence-electron chi connectivity index (χ4n) is 3.44. The van der Waals surface area contributed by atoms with Crippen molar-refractivity contribution in [2.24, 2.45) is 0 Å². The predicted molar refractivity (Wildman–Crippen MR) is 126 cm³/mol. The molecule has 1 N–H and O–H groups in total. The molecule has 0 atom stereocenters. The van der Waals surface area contributed by atoms with Gasteiger partial charge in [-0.3, -0.25) is 4.98 Å². The van der Waals surface area contributed by atoms with Crippen molar-refractivity contribution in [3.05, 3.63) is 82.6 Å². The summed E-state index contributed by atoms with van der Waals surface area (Å²) in [6.07, 6.45) is 1.77. The van der Waals surface area contributed by atoms with E-state index in [1.165, 1.54) is 0 Å². The van der Waals surface area contributed by atoms with E-state index in [0.717, 1.165) is 22.0 Å². The molecule has 4 aromatic rings. The van der Waals surface area contributed by atoms with Crippen LogP contribution < -0.4 is 15.0 Å². The first-order valence-electron chi connectivity index (χ1n) is 9.97. The molecule has 8 heteroatoms. The topological polar surface area (TPSA) is 87.0 Å². The molecule has 0 aliphatic carbocycles. The van der Waals surface area contributed by atoms with Gasteiger partial charge in [0.15, 0.2) is 11.6 Å². The molecule has 0 unspecified atom stereocenters. The molecule has 0 radical (unpaired) electrons. The van der Waals surface area contributed by atoms with Crippen LogP contribution in [-0.4, -0.2) is 29.3 Å². The van der Waals surface area contributed by atoms with Gasteiger partial charge in [-0.2, -0.15) is 5.26 Å². The minimum atomic E-state index is 0.493. The number of methoxy groups -OCH3 is 1. The number of benzene rings is 2. The van der Waals surface area contributed by atoms with E-state index in [9.17, 15) is 5.26 Å². The molecule has 2 aromatic carbocycles. The summed E-state index contributed by atoms with van der Waals surface area (Å²) in [4.78, 5) is 6.38. The quantitative estimate of drug-likeness (QED) is 0.437. The number of nitriles is 1. The zero-order chi connectivity index (χ0) is 22.5. The lowest BCUT2D eigenvalue weighted by Crippen LogP contribution is -2.19. The number of fused-ring (bicyclic) bond motifs is 1. The molecule has 0 amide bonds. The second kappa shape index (κ2) is 9.50. The first kappa shape index (κ1) is 21.3. The molecule has 0 spiro atoms. The van der Waals surface area contributed by atoms with Crippen LogP contribution in [-0.2, 0) is 13.1 Å². The van der Waals surface area contributed by atoms with E-state index in [1.807, 2.05) is 60.5 Å². The number of nitrogens with one attached hydrogen (secondary N) is 1. The Kier molecular flexibility index (Phi) is 6.34. The maximum Gasteiger partial charge on any atom is 0.159 e. The standard InChI is InChI=1S/C24H21ClN6O/c1-31(15-18-5-3-4-10-27-18)24-19-8-6-16(13-26)11-20(19)23(29-30-24)28-14-17-7-9-22(32-2)21(25)12-17/h3-12H,14-15H2,1-2H3,(H,28,29). The smallest absolute Gasteiger partial charge is 0.159 e. The van der Waals surface area contributed by atoms with Crippen LogP contribution in [0.5, 0.6) is 5.75 Å². The number of rotatable bonds is 7. The molecule has 160 valence electrons. The van der Waals surface area contributed by atoms with Gasteiger partial charge >= 0.3 is 0 Å². The minimum absolute atomic E-state index is 0.493. The molecule has 32 heavy (non-hydrogen) atoms. The van der Waals surface area contributed by atoms with Gasteiger partial charge in [-0.1, -0.05) is 23.7 Å². The van der Waals surface area contributed by atoms with E-state index in [0.29, 0.717) is 41.1 Å². The molecule has 2 aromatic heterocycles. The Morgan fingerprint density at radius 1 is 1.09 bits per heavy atom. The lowest BCUT2D eigenvalue weighted by Gasteiger charge is -2.20. The van der Waals surface area contributed by atoms with Gasteiger partial charge in [0.2, 0.25) is 0 Å². The highest BCUT2D eigenvalue weighted by Gasteiger charge is 2.14. The van der Waals surface area contributed by atoms with Crippen LogP contribution in [0.1, 0.15) is 16.8 Å². The molecule has 4 rings (SSSR count). The fourth-order valence-corrected chi connectivity index (χ4v) is 3.72. The van der Waals surface area contributed by atoms with Crippen LogP contribution in [0, 0.1) is 11.3 Å². The molecule has 0 saturated carbocycles. The number of hydrogen-bond donors (Lipinski definition) is 1. The van der Waals surface area contributed by atoms with Crippen molar-refractivity contribution in [3.8, 4) is 11.8 Å². The summed E-state index contributed by atoms with van der Waals surface area (Å²) < 4.78 is 5.21. The van der Waals surface area contributed by atoms with Gasteiger partial charge < -0.3 is 15.0 Å². The Labute approximate surface area is 191 Å². The summed E-state index contributed by atoms with van der Waals surface area (Å²) in [6.45, 7) is 1.08. The predicted octanol–water partition coefficient (Wildman–Crippen LogP) is 4.81. The minimum Gasteiger partial charge on any atom is -0.495 e. The van der Waals surface area contributed by atoms with Crippen molar-refractivity contribution < 1.29 is 4.74 Å². The van der Waals surface area contributed by atoms with Gasteiger partial charge in [0, 0.05) is 30.6 Å². The van der Waals surface area contributed by atoms with Crippen molar-refractivity contribution in [3.63, 3.8) is 0 Å². The third kappa shape index (κ3) is 4.56. The number of aromatic nitrogens is 3. The fraction of sp³-hybridized carbons (Fsp3) is 0.167. The van der Waals surface area contributed by atoms with E-state index in [2.05, 4.69) is 26.6 Å². The van der Waals surface area contributed by atoms with E-state index in [-0.39, 0.29) is 0 Å². The van der Waals surface area contributed by atoms with Gasteiger partial charge in [0.25, 0.3) is 0 Å². The van der Waals surface area contributed by atoms with E-state index >= 15 is 0 Å². The maximum absolute atomic E-state index is 9.40. The second-order valence-corrected chi connectivity index (χ2v) is 7.65. The molecule has 0 aliphatic rings. The highest BCUT2D eigenvalue weighted by molar-refractivity contribution is 6.32. The lowest BCUT2D eigenvalue weighted by atomic mass is 10.1. The summed E-state index contributed by atoms with van der Waals surface area (Å²) in [5, 5.41) is 23.9. The largest absolute Gasteiger partial charge is 0.495 e. The van der Waals surface area contributed by atoms with Gasteiger partial charge in [-0.05, 0) is 48.0 Å². The summed E-state index contributed by atoms with van der Waals surface area (Å²) in [5.74, 6) is 1.94. The van der Waals surface area contributed by atoms with Gasteiger partial charge in [0.1, 0.15) is 5.75 Å². The van der Waals surface area contributed by atoms with E-state index in [4.69, 9.17) is 16.3 Å². The average molecular weight is 445 g/mol. The number of halogens is 1. The SMILES string of the molecule is COc1ccc(CNc2nnc(N(C)Cc3ccccn3)c3ccc(C#N)cc23)cc1Cl.